The molecule has 1 aromatic carbocycles. The smallest absolute Gasteiger partial charge is 0.290 e. The van der Waals surface area contributed by atoms with Crippen LogP contribution in [-0.2, 0) is 4.79 Å². The average molecular weight is 395 g/mol. The summed E-state index contributed by atoms with van der Waals surface area (Å²) >= 11 is 4.11. The number of hydrogen-bond donors (Lipinski definition) is 1. The van der Waals surface area contributed by atoms with Gasteiger partial charge in [-0.3, -0.25) is 14.9 Å². The van der Waals surface area contributed by atoms with Gasteiger partial charge in [-0.1, -0.05) is 15.9 Å². The molecule has 1 aliphatic rings. The van der Waals surface area contributed by atoms with Gasteiger partial charge in [-0.05, 0) is 61.5 Å². The van der Waals surface area contributed by atoms with Crippen molar-refractivity contribution in [1.29, 1.82) is 0 Å². The molecular formula is C16H12BrFN2O2S. The monoisotopic (exact) mass is 394 g/mol. The lowest BCUT2D eigenvalue weighted by Crippen LogP contribution is -2.17. The van der Waals surface area contributed by atoms with Crippen molar-refractivity contribution in [2.75, 3.05) is 0 Å². The lowest BCUT2D eigenvalue weighted by atomic mass is 10.2. The van der Waals surface area contributed by atoms with Gasteiger partial charge in [0, 0.05) is 15.9 Å². The first-order chi connectivity index (χ1) is 10.9. The van der Waals surface area contributed by atoms with E-state index in [1.165, 1.54) is 6.07 Å². The minimum atomic E-state index is -0.403. The second-order valence-electron chi connectivity index (χ2n) is 5.11. The highest BCUT2D eigenvalue weighted by atomic mass is 79.9. The van der Waals surface area contributed by atoms with Crippen LogP contribution in [0.1, 0.15) is 17.0 Å². The molecule has 0 spiro atoms. The van der Waals surface area contributed by atoms with E-state index in [0.717, 1.165) is 28.7 Å². The molecule has 3 rings (SSSR count). The van der Waals surface area contributed by atoms with Crippen molar-refractivity contribution in [3.05, 3.63) is 56.4 Å². The summed E-state index contributed by atoms with van der Waals surface area (Å²) in [4.78, 5) is 23.2. The zero-order chi connectivity index (χ0) is 16.7. The molecule has 0 unspecified atom stereocenters. The molecule has 0 bridgehead atoms. The Balaban J connectivity index is 2.08. The van der Waals surface area contributed by atoms with E-state index < -0.39 is 5.91 Å². The lowest BCUT2D eigenvalue weighted by molar-refractivity contribution is -0.115. The van der Waals surface area contributed by atoms with E-state index in [1.807, 2.05) is 19.9 Å². The van der Waals surface area contributed by atoms with Gasteiger partial charge in [-0.2, -0.15) is 0 Å². The zero-order valence-electron chi connectivity index (χ0n) is 12.3. The predicted molar refractivity (Wildman–Crippen MR) is 92.0 cm³/mol. The highest BCUT2D eigenvalue weighted by Crippen LogP contribution is 2.30. The molecule has 23 heavy (non-hydrogen) atoms. The summed E-state index contributed by atoms with van der Waals surface area (Å²) in [5.41, 5.74) is 2.85. The van der Waals surface area contributed by atoms with E-state index in [2.05, 4.69) is 21.2 Å². The van der Waals surface area contributed by atoms with Gasteiger partial charge in [-0.25, -0.2) is 4.39 Å². The van der Waals surface area contributed by atoms with Crippen molar-refractivity contribution >= 4 is 44.9 Å². The molecule has 0 aliphatic carbocycles. The Kier molecular flexibility index (Phi) is 4.16. The Labute approximate surface area is 144 Å². The van der Waals surface area contributed by atoms with E-state index in [4.69, 9.17) is 0 Å². The first-order valence-electron chi connectivity index (χ1n) is 6.76. The summed E-state index contributed by atoms with van der Waals surface area (Å²) in [6, 6.07) is 6.73. The van der Waals surface area contributed by atoms with Gasteiger partial charge in [0.1, 0.15) is 5.82 Å². The fourth-order valence-electron chi connectivity index (χ4n) is 2.53. The van der Waals surface area contributed by atoms with E-state index >= 15 is 0 Å². The van der Waals surface area contributed by atoms with Crippen molar-refractivity contribution in [1.82, 2.24) is 9.88 Å². The number of carbonyl (C=O) groups excluding carboxylic acids is 2. The van der Waals surface area contributed by atoms with Gasteiger partial charge in [0.25, 0.3) is 11.1 Å². The average Bonchev–Trinajstić information content (AvgIpc) is 2.91. The molecule has 1 aliphatic heterocycles. The molecule has 4 nitrogen and oxygen atoms in total. The minimum Gasteiger partial charge on any atom is -0.315 e. The van der Waals surface area contributed by atoms with Crippen molar-refractivity contribution in [3.63, 3.8) is 0 Å². The van der Waals surface area contributed by atoms with Crippen LogP contribution < -0.4 is 5.32 Å². The van der Waals surface area contributed by atoms with Crippen molar-refractivity contribution in [2.45, 2.75) is 13.8 Å². The molecule has 7 heteroatoms. The number of carbonyl (C=O) groups is 2. The molecule has 1 saturated heterocycles. The largest absolute Gasteiger partial charge is 0.315 e. The van der Waals surface area contributed by atoms with Gasteiger partial charge in [0.05, 0.1) is 10.6 Å². The Hall–Kier alpha value is -1.86. The minimum absolute atomic E-state index is 0.339. The summed E-state index contributed by atoms with van der Waals surface area (Å²) in [6.07, 6.45) is 1.65. The maximum Gasteiger partial charge on any atom is 0.290 e. The fourth-order valence-corrected chi connectivity index (χ4v) is 3.54. The van der Waals surface area contributed by atoms with Crippen molar-refractivity contribution in [3.8, 4) is 5.69 Å². The number of amides is 2. The zero-order valence-corrected chi connectivity index (χ0v) is 14.7. The molecule has 2 heterocycles. The summed E-state index contributed by atoms with van der Waals surface area (Å²) in [6.45, 7) is 3.71. The second kappa shape index (κ2) is 5.98. The third kappa shape index (κ3) is 2.98. The summed E-state index contributed by atoms with van der Waals surface area (Å²) < 4.78 is 16.7. The molecule has 2 amide bonds. The third-order valence-corrected chi connectivity index (χ3v) is 4.85. The maximum atomic E-state index is 14.2. The normalized spacial score (nSPS) is 16.3. The number of hydrogen-bond acceptors (Lipinski definition) is 3. The first kappa shape index (κ1) is 16.0. The van der Waals surface area contributed by atoms with Crippen LogP contribution >= 0.6 is 27.7 Å². The molecule has 0 radical (unpaired) electrons. The quantitative estimate of drug-likeness (QED) is 0.771. The molecule has 0 saturated carbocycles. The summed E-state index contributed by atoms with van der Waals surface area (Å²) in [5, 5.41) is 1.84. The fraction of sp³-hybridized carbons (Fsp3) is 0.125. The number of aryl methyl sites for hydroxylation is 1. The van der Waals surface area contributed by atoms with Gasteiger partial charge >= 0.3 is 0 Å². The van der Waals surface area contributed by atoms with Crippen molar-refractivity contribution < 1.29 is 14.0 Å². The first-order valence-corrected chi connectivity index (χ1v) is 8.37. The van der Waals surface area contributed by atoms with Gasteiger partial charge in [-0.15, -0.1) is 0 Å². The van der Waals surface area contributed by atoms with Crippen LogP contribution in [0.2, 0.25) is 0 Å². The van der Waals surface area contributed by atoms with E-state index in [-0.39, 0.29) is 11.1 Å². The number of aromatic nitrogens is 1. The van der Waals surface area contributed by atoms with Crippen LogP contribution in [-0.4, -0.2) is 15.7 Å². The van der Waals surface area contributed by atoms with Gasteiger partial charge < -0.3 is 4.57 Å². The highest BCUT2D eigenvalue weighted by Gasteiger charge is 2.25. The Morgan fingerprint density at radius 1 is 1.26 bits per heavy atom. The Morgan fingerprint density at radius 3 is 2.61 bits per heavy atom. The third-order valence-electron chi connectivity index (χ3n) is 3.55. The maximum absolute atomic E-state index is 14.2. The van der Waals surface area contributed by atoms with Crippen molar-refractivity contribution in [2.24, 2.45) is 0 Å². The predicted octanol–water partition coefficient (Wildman–Crippen LogP) is 4.32. The standard InChI is InChI=1S/C16H12BrFN2O2S/c1-8-5-10(6-14-15(21)19-16(22)23-14)9(2)20(8)13-4-3-11(17)7-12(13)18/h3-7H,1-2H3,(H,19,21,22). The number of nitrogens with zero attached hydrogens (tertiary/aromatic N) is 1. The molecule has 1 fully saturated rings. The van der Waals surface area contributed by atoms with E-state index in [1.54, 1.807) is 22.8 Å². The number of nitrogens with one attached hydrogen (secondary N) is 1. The van der Waals surface area contributed by atoms with Crippen LogP contribution in [0.3, 0.4) is 0 Å². The number of rotatable bonds is 2. The molecular weight excluding hydrogens is 383 g/mol. The number of benzene rings is 1. The topological polar surface area (TPSA) is 51.1 Å². The molecule has 1 N–H and O–H groups in total. The molecule has 118 valence electrons. The number of halogens is 2. The Bertz CT molecular complexity index is 873. The molecule has 1 aromatic heterocycles. The van der Waals surface area contributed by atoms with Crippen LogP contribution in [0.15, 0.2) is 33.6 Å². The lowest BCUT2D eigenvalue weighted by Gasteiger charge is -2.11. The van der Waals surface area contributed by atoms with Crippen LogP contribution in [0, 0.1) is 19.7 Å². The number of imide groups is 1. The highest BCUT2D eigenvalue weighted by molar-refractivity contribution is 9.10. The number of thioether (sulfide) groups is 1. The van der Waals surface area contributed by atoms with Crippen LogP contribution in [0.25, 0.3) is 11.8 Å². The van der Waals surface area contributed by atoms with Crippen LogP contribution in [0.4, 0.5) is 9.18 Å². The van der Waals surface area contributed by atoms with E-state index in [0.29, 0.717) is 15.1 Å². The van der Waals surface area contributed by atoms with Crippen LogP contribution in [0.5, 0.6) is 0 Å². The SMILES string of the molecule is Cc1cc(C=C2SC(=O)NC2=O)c(C)n1-c1ccc(Br)cc1F. The second-order valence-corrected chi connectivity index (χ2v) is 7.04. The molecule has 2 aromatic rings. The summed E-state index contributed by atoms with van der Waals surface area (Å²) in [7, 11) is 0. The summed E-state index contributed by atoms with van der Waals surface area (Å²) in [5.74, 6) is -0.747. The Morgan fingerprint density at radius 2 is 2.00 bits per heavy atom. The van der Waals surface area contributed by atoms with E-state index in [9.17, 15) is 14.0 Å². The molecule has 0 atom stereocenters. The van der Waals surface area contributed by atoms with Gasteiger partial charge in [0.2, 0.25) is 0 Å². The van der Waals surface area contributed by atoms with Gasteiger partial charge in [0.15, 0.2) is 0 Å².